The highest BCUT2D eigenvalue weighted by molar-refractivity contribution is 7.18. The van der Waals surface area contributed by atoms with Crippen molar-refractivity contribution in [3.63, 3.8) is 0 Å². The van der Waals surface area contributed by atoms with Gasteiger partial charge in [0, 0.05) is 11.9 Å². The van der Waals surface area contributed by atoms with E-state index in [0.717, 1.165) is 21.6 Å². The van der Waals surface area contributed by atoms with E-state index in [1.807, 2.05) is 13.1 Å². The molecule has 0 atom stereocenters. The molecule has 0 aliphatic heterocycles. The first kappa shape index (κ1) is 11.2. The molecule has 3 aromatic heterocycles. The molecule has 3 aromatic rings. The molecule has 0 spiro atoms. The first-order chi connectivity index (χ1) is 8.70. The minimum atomic E-state index is 0.696. The topological polar surface area (TPSA) is 51.0 Å². The van der Waals surface area contributed by atoms with E-state index >= 15 is 0 Å². The summed E-state index contributed by atoms with van der Waals surface area (Å²) in [6.45, 7) is 4.22. The van der Waals surface area contributed by atoms with E-state index in [1.165, 1.54) is 10.4 Å². The predicted octanol–water partition coefficient (Wildman–Crippen LogP) is 3.61. The molecule has 18 heavy (non-hydrogen) atoms. The average molecular weight is 259 g/mol. The van der Waals surface area contributed by atoms with Crippen LogP contribution >= 0.6 is 11.3 Å². The molecule has 0 saturated heterocycles. The second-order valence-corrected chi connectivity index (χ2v) is 5.32. The largest absolute Gasteiger partial charge is 0.472 e. The summed E-state index contributed by atoms with van der Waals surface area (Å²) in [6, 6.07) is 1.87. The quantitative estimate of drug-likeness (QED) is 0.763. The fraction of sp³-hybridized carbons (Fsp3) is 0.231. The zero-order chi connectivity index (χ0) is 12.7. The standard InChI is InChI=1S/C13H13N3OS/c1-7-8(2)18-13-10(7)12(14-3)15-11(16-13)9-4-5-17-6-9/h4-6H,1-3H3,(H,14,15,16). The summed E-state index contributed by atoms with van der Waals surface area (Å²) in [4.78, 5) is 11.5. The lowest BCUT2D eigenvalue weighted by atomic mass is 10.2. The van der Waals surface area contributed by atoms with Crippen LogP contribution in [0.3, 0.4) is 0 Å². The number of thiophene rings is 1. The van der Waals surface area contributed by atoms with Gasteiger partial charge in [-0.2, -0.15) is 0 Å². The van der Waals surface area contributed by atoms with Gasteiger partial charge in [-0.15, -0.1) is 11.3 Å². The molecule has 0 aromatic carbocycles. The van der Waals surface area contributed by atoms with E-state index in [9.17, 15) is 0 Å². The number of hydrogen-bond donors (Lipinski definition) is 1. The van der Waals surface area contributed by atoms with Gasteiger partial charge >= 0.3 is 0 Å². The van der Waals surface area contributed by atoms with Gasteiger partial charge in [-0.25, -0.2) is 9.97 Å². The SMILES string of the molecule is CNc1nc(-c2ccoc2)nc2sc(C)c(C)c12. The lowest BCUT2D eigenvalue weighted by Gasteiger charge is -2.04. The van der Waals surface area contributed by atoms with Gasteiger partial charge < -0.3 is 9.73 Å². The highest BCUT2D eigenvalue weighted by atomic mass is 32.1. The zero-order valence-electron chi connectivity index (χ0n) is 10.4. The number of aryl methyl sites for hydroxylation is 2. The Labute approximate surface area is 109 Å². The Balaban J connectivity index is 2.32. The molecule has 0 aliphatic rings. The molecule has 0 bridgehead atoms. The van der Waals surface area contributed by atoms with Crippen molar-refractivity contribution in [1.82, 2.24) is 9.97 Å². The third kappa shape index (κ3) is 1.59. The van der Waals surface area contributed by atoms with Gasteiger partial charge in [-0.1, -0.05) is 0 Å². The van der Waals surface area contributed by atoms with E-state index in [4.69, 9.17) is 4.42 Å². The van der Waals surface area contributed by atoms with Crippen molar-refractivity contribution in [3.8, 4) is 11.4 Å². The Kier molecular flexibility index (Phi) is 2.56. The average Bonchev–Trinajstić information content (AvgIpc) is 2.98. The van der Waals surface area contributed by atoms with Crippen molar-refractivity contribution in [2.24, 2.45) is 0 Å². The summed E-state index contributed by atoms with van der Waals surface area (Å²) < 4.78 is 5.09. The van der Waals surface area contributed by atoms with Gasteiger partial charge in [0.2, 0.25) is 0 Å². The van der Waals surface area contributed by atoms with Crippen molar-refractivity contribution < 1.29 is 4.42 Å². The summed E-state index contributed by atoms with van der Waals surface area (Å²) in [6.07, 6.45) is 3.29. The Bertz CT molecular complexity index is 701. The summed E-state index contributed by atoms with van der Waals surface area (Å²) in [5.74, 6) is 1.57. The summed E-state index contributed by atoms with van der Waals surface area (Å²) in [7, 11) is 1.88. The number of aromatic nitrogens is 2. The predicted molar refractivity (Wildman–Crippen MR) is 74.1 cm³/mol. The number of furan rings is 1. The van der Waals surface area contributed by atoms with Crippen molar-refractivity contribution in [2.75, 3.05) is 12.4 Å². The van der Waals surface area contributed by atoms with Crippen LogP contribution in [0.25, 0.3) is 21.6 Å². The molecule has 3 heterocycles. The maximum Gasteiger partial charge on any atom is 0.166 e. The van der Waals surface area contributed by atoms with Crippen molar-refractivity contribution >= 4 is 27.4 Å². The lowest BCUT2D eigenvalue weighted by molar-refractivity contribution is 0.568. The van der Waals surface area contributed by atoms with Gasteiger partial charge in [0.1, 0.15) is 16.9 Å². The fourth-order valence-corrected chi connectivity index (χ4v) is 2.98. The van der Waals surface area contributed by atoms with E-state index in [-0.39, 0.29) is 0 Å². The van der Waals surface area contributed by atoms with Crippen LogP contribution in [0.2, 0.25) is 0 Å². The Morgan fingerprint density at radius 1 is 1.28 bits per heavy atom. The second-order valence-electron chi connectivity index (χ2n) is 4.12. The van der Waals surface area contributed by atoms with Crippen molar-refractivity contribution in [1.29, 1.82) is 0 Å². The van der Waals surface area contributed by atoms with Gasteiger partial charge in [0.25, 0.3) is 0 Å². The minimum absolute atomic E-state index is 0.696. The Morgan fingerprint density at radius 3 is 2.78 bits per heavy atom. The molecule has 1 N–H and O–H groups in total. The maximum absolute atomic E-state index is 5.09. The van der Waals surface area contributed by atoms with Crippen LogP contribution in [0.15, 0.2) is 23.0 Å². The molecular weight excluding hydrogens is 246 g/mol. The van der Waals surface area contributed by atoms with Gasteiger partial charge in [0.05, 0.1) is 17.2 Å². The number of rotatable bonds is 2. The van der Waals surface area contributed by atoms with Crippen LogP contribution < -0.4 is 5.32 Å². The molecule has 92 valence electrons. The molecule has 0 amide bonds. The Morgan fingerprint density at radius 2 is 2.11 bits per heavy atom. The first-order valence-corrected chi connectivity index (χ1v) is 6.50. The summed E-state index contributed by atoms with van der Waals surface area (Å²) in [5.41, 5.74) is 2.15. The molecule has 0 saturated carbocycles. The normalized spacial score (nSPS) is 11.1. The van der Waals surface area contributed by atoms with Gasteiger partial charge in [0.15, 0.2) is 5.82 Å². The second kappa shape index (κ2) is 4.10. The van der Waals surface area contributed by atoms with E-state index in [1.54, 1.807) is 23.9 Å². The molecule has 0 aliphatic carbocycles. The van der Waals surface area contributed by atoms with Crippen LogP contribution in [0.1, 0.15) is 10.4 Å². The summed E-state index contributed by atoms with van der Waals surface area (Å²) >= 11 is 1.70. The smallest absolute Gasteiger partial charge is 0.166 e. The van der Waals surface area contributed by atoms with Gasteiger partial charge in [-0.3, -0.25) is 0 Å². The number of anilines is 1. The van der Waals surface area contributed by atoms with Crippen LogP contribution in [0, 0.1) is 13.8 Å². The third-order valence-corrected chi connectivity index (χ3v) is 4.15. The van der Waals surface area contributed by atoms with E-state index in [0.29, 0.717) is 5.82 Å². The van der Waals surface area contributed by atoms with Crippen molar-refractivity contribution in [2.45, 2.75) is 13.8 Å². The maximum atomic E-state index is 5.09. The third-order valence-electron chi connectivity index (χ3n) is 3.04. The fourth-order valence-electron chi connectivity index (χ4n) is 1.95. The Hall–Kier alpha value is -1.88. The number of hydrogen-bond acceptors (Lipinski definition) is 5. The highest BCUT2D eigenvalue weighted by Crippen LogP contribution is 2.34. The van der Waals surface area contributed by atoms with Crippen LogP contribution in [0.4, 0.5) is 5.82 Å². The van der Waals surface area contributed by atoms with Crippen LogP contribution in [-0.2, 0) is 0 Å². The molecular formula is C13H13N3OS. The van der Waals surface area contributed by atoms with Crippen LogP contribution in [-0.4, -0.2) is 17.0 Å². The molecule has 0 fully saturated rings. The zero-order valence-corrected chi connectivity index (χ0v) is 11.3. The van der Waals surface area contributed by atoms with Crippen molar-refractivity contribution in [3.05, 3.63) is 29.0 Å². The molecule has 0 unspecified atom stereocenters. The first-order valence-electron chi connectivity index (χ1n) is 5.68. The molecule has 0 radical (unpaired) electrons. The molecule has 5 heteroatoms. The lowest BCUT2D eigenvalue weighted by Crippen LogP contribution is -1.97. The monoisotopic (exact) mass is 259 g/mol. The minimum Gasteiger partial charge on any atom is -0.472 e. The number of fused-ring (bicyclic) bond motifs is 1. The molecule has 4 nitrogen and oxygen atoms in total. The van der Waals surface area contributed by atoms with E-state index in [2.05, 4.69) is 29.1 Å². The highest BCUT2D eigenvalue weighted by Gasteiger charge is 2.14. The van der Waals surface area contributed by atoms with E-state index < -0.39 is 0 Å². The molecule has 3 rings (SSSR count). The summed E-state index contributed by atoms with van der Waals surface area (Å²) in [5, 5.41) is 4.27. The number of nitrogens with zero attached hydrogens (tertiary/aromatic N) is 2. The van der Waals surface area contributed by atoms with Crippen LogP contribution in [0.5, 0.6) is 0 Å². The van der Waals surface area contributed by atoms with Gasteiger partial charge in [-0.05, 0) is 25.5 Å². The number of nitrogens with one attached hydrogen (secondary N) is 1.